The topological polar surface area (TPSA) is 64.2 Å². The van der Waals surface area contributed by atoms with Gasteiger partial charge < -0.3 is 9.47 Å². The molecule has 0 bridgehead atoms. The number of fused-ring (bicyclic) bond motifs is 1. The van der Waals surface area contributed by atoms with Crippen LogP contribution in [-0.2, 0) is 0 Å². The monoisotopic (exact) mass is 268 g/mol. The summed E-state index contributed by atoms with van der Waals surface area (Å²) in [4.78, 5) is 18.2. The van der Waals surface area contributed by atoms with Crippen molar-refractivity contribution in [2.24, 2.45) is 0 Å². The van der Waals surface area contributed by atoms with E-state index in [2.05, 4.69) is 9.97 Å². The summed E-state index contributed by atoms with van der Waals surface area (Å²) in [6, 6.07) is 3.26. The van der Waals surface area contributed by atoms with Crippen molar-refractivity contribution in [1.29, 1.82) is 0 Å². The van der Waals surface area contributed by atoms with Gasteiger partial charge >= 0.3 is 0 Å². The Morgan fingerprint density at radius 2 is 2.17 bits per heavy atom. The largest absolute Gasteiger partial charge is 0.493 e. The molecule has 2 rings (SSSR count). The number of aromatic amines is 1. The van der Waals surface area contributed by atoms with Gasteiger partial charge in [-0.15, -0.1) is 0 Å². The van der Waals surface area contributed by atoms with Crippen molar-refractivity contribution >= 4 is 22.5 Å². The maximum absolute atomic E-state index is 11.7. The number of benzene rings is 1. The Morgan fingerprint density at radius 3 is 2.83 bits per heavy atom. The molecule has 0 unspecified atom stereocenters. The number of halogens is 1. The van der Waals surface area contributed by atoms with E-state index in [0.29, 0.717) is 29.0 Å². The highest BCUT2D eigenvalue weighted by molar-refractivity contribution is 6.28. The van der Waals surface area contributed by atoms with E-state index in [1.54, 1.807) is 12.1 Å². The molecule has 1 N–H and O–H groups in total. The lowest BCUT2D eigenvalue weighted by atomic mass is 10.2. The first-order valence-electron chi connectivity index (χ1n) is 5.56. The number of ether oxygens (including phenoxy) is 2. The number of nitrogens with one attached hydrogen (secondary N) is 1. The minimum absolute atomic E-state index is 0.0547. The molecule has 96 valence electrons. The molecule has 0 aliphatic heterocycles. The van der Waals surface area contributed by atoms with Gasteiger partial charge in [-0.1, -0.05) is 6.92 Å². The molecule has 5 nitrogen and oxygen atoms in total. The second-order valence-electron chi connectivity index (χ2n) is 3.73. The van der Waals surface area contributed by atoms with Gasteiger partial charge in [0.05, 0.1) is 24.6 Å². The first kappa shape index (κ1) is 12.7. The summed E-state index contributed by atoms with van der Waals surface area (Å²) >= 11 is 5.72. The van der Waals surface area contributed by atoms with E-state index in [1.165, 1.54) is 7.11 Å². The quantitative estimate of drug-likeness (QED) is 0.865. The molecule has 18 heavy (non-hydrogen) atoms. The summed E-state index contributed by atoms with van der Waals surface area (Å²) in [5, 5.41) is 0.471. The molecule has 0 amide bonds. The van der Waals surface area contributed by atoms with Gasteiger partial charge in [-0.05, 0) is 24.1 Å². The van der Waals surface area contributed by atoms with Crippen LogP contribution in [0.3, 0.4) is 0 Å². The van der Waals surface area contributed by atoms with Gasteiger partial charge in [0.2, 0.25) is 5.28 Å². The molecule has 0 saturated heterocycles. The highest BCUT2D eigenvalue weighted by Crippen LogP contribution is 2.30. The van der Waals surface area contributed by atoms with Crippen LogP contribution in [0.25, 0.3) is 10.9 Å². The van der Waals surface area contributed by atoms with Crippen LogP contribution in [-0.4, -0.2) is 23.7 Å². The number of H-pyrrole nitrogens is 1. The zero-order chi connectivity index (χ0) is 13.1. The van der Waals surface area contributed by atoms with Crippen molar-refractivity contribution in [3.63, 3.8) is 0 Å². The van der Waals surface area contributed by atoms with Gasteiger partial charge in [-0.3, -0.25) is 9.78 Å². The Hall–Kier alpha value is -1.75. The number of methoxy groups -OCH3 is 1. The third-order valence-electron chi connectivity index (χ3n) is 2.42. The Kier molecular flexibility index (Phi) is 3.72. The standard InChI is InChI=1S/C12H13ClN2O3/c1-3-4-18-10-6-8-7(5-9(10)17-2)11(16)15-12(13)14-8/h5-6H,3-4H2,1-2H3,(H,14,15,16). The molecular weight excluding hydrogens is 256 g/mol. The Balaban J connectivity index is 2.61. The molecule has 0 aliphatic carbocycles. The second-order valence-corrected chi connectivity index (χ2v) is 4.08. The minimum Gasteiger partial charge on any atom is -0.493 e. The van der Waals surface area contributed by atoms with E-state index in [1.807, 2.05) is 6.92 Å². The number of rotatable bonds is 4. The van der Waals surface area contributed by atoms with Crippen LogP contribution in [0, 0.1) is 0 Å². The van der Waals surface area contributed by atoms with Crippen LogP contribution in [0.4, 0.5) is 0 Å². The summed E-state index contributed by atoms with van der Waals surface area (Å²) in [6.07, 6.45) is 0.880. The Bertz CT molecular complexity index is 624. The van der Waals surface area contributed by atoms with Crippen LogP contribution >= 0.6 is 11.6 Å². The summed E-state index contributed by atoms with van der Waals surface area (Å²) in [5.74, 6) is 1.06. The molecular formula is C12H13ClN2O3. The molecule has 2 aromatic rings. The summed E-state index contributed by atoms with van der Waals surface area (Å²) in [6.45, 7) is 2.58. The van der Waals surface area contributed by atoms with Gasteiger partial charge in [-0.25, -0.2) is 4.98 Å². The van der Waals surface area contributed by atoms with Gasteiger partial charge in [0.25, 0.3) is 5.56 Å². The van der Waals surface area contributed by atoms with Gasteiger partial charge in [0, 0.05) is 6.07 Å². The average molecular weight is 269 g/mol. The van der Waals surface area contributed by atoms with Crippen molar-refractivity contribution in [2.45, 2.75) is 13.3 Å². The van der Waals surface area contributed by atoms with E-state index in [4.69, 9.17) is 21.1 Å². The van der Waals surface area contributed by atoms with E-state index in [0.717, 1.165) is 6.42 Å². The van der Waals surface area contributed by atoms with E-state index in [-0.39, 0.29) is 10.8 Å². The van der Waals surface area contributed by atoms with Crippen molar-refractivity contribution in [1.82, 2.24) is 9.97 Å². The van der Waals surface area contributed by atoms with Crippen LogP contribution in [0.15, 0.2) is 16.9 Å². The van der Waals surface area contributed by atoms with Gasteiger partial charge in [-0.2, -0.15) is 0 Å². The number of nitrogens with zero attached hydrogens (tertiary/aromatic N) is 1. The van der Waals surface area contributed by atoms with Crippen LogP contribution in [0.5, 0.6) is 11.5 Å². The molecule has 0 aliphatic rings. The lowest BCUT2D eigenvalue weighted by molar-refractivity contribution is 0.295. The highest BCUT2D eigenvalue weighted by atomic mass is 35.5. The molecule has 0 saturated carbocycles. The molecule has 1 aromatic carbocycles. The second kappa shape index (κ2) is 5.27. The van der Waals surface area contributed by atoms with Crippen LogP contribution in [0.2, 0.25) is 5.28 Å². The molecule has 6 heteroatoms. The van der Waals surface area contributed by atoms with Crippen molar-refractivity contribution < 1.29 is 9.47 Å². The molecule has 0 fully saturated rings. The summed E-state index contributed by atoms with van der Waals surface area (Å²) in [7, 11) is 1.53. The van der Waals surface area contributed by atoms with E-state index < -0.39 is 0 Å². The average Bonchev–Trinajstić information content (AvgIpc) is 2.35. The van der Waals surface area contributed by atoms with E-state index in [9.17, 15) is 4.79 Å². The maximum atomic E-state index is 11.7. The predicted molar refractivity (Wildman–Crippen MR) is 69.7 cm³/mol. The van der Waals surface area contributed by atoms with E-state index >= 15 is 0 Å². The maximum Gasteiger partial charge on any atom is 0.259 e. The SMILES string of the molecule is CCCOc1cc2nc(Cl)[nH]c(=O)c2cc1OC. The molecule has 1 heterocycles. The summed E-state index contributed by atoms with van der Waals surface area (Å²) < 4.78 is 10.7. The zero-order valence-corrected chi connectivity index (χ0v) is 10.9. The molecule has 0 atom stereocenters. The summed E-state index contributed by atoms with van der Waals surface area (Å²) in [5.41, 5.74) is 0.181. The number of aromatic nitrogens is 2. The van der Waals surface area contributed by atoms with Crippen molar-refractivity contribution in [2.75, 3.05) is 13.7 Å². The Morgan fingerprint density at radius 1 is 1.39 bits per heavy atom. The smallest absolute Gasteiger partial charge is 0.259 e. The Labute approximate surface area is 109 Å². The zero-order valence-electron chi connectivity index (χ0n) is 10.1. The predicted octanol–water partition coefficient (Wildman–Crippen LogP) is 2.37. The number of hydrogen-bond donors (Lipinski definition) is 1. The molecule has 0 radical (unpaired) electrons. The third-order valence-corrected chi connectivity index (χ3v) is 2.60. The normalized spacial score (nSPS) is 10.6. The van der Waals surface area contributed by atoms with Crippen LogP contribution < -0.4 is 15.0 Å². The first-order valence-corrected chi connectivity index (χ1v) is 5.94. The third kappa shape index (κ3) is 2.41. The molecule has 1 aromatic heterocycles. The fraction of sp³-hybridized carbons (Fsp3) is 0.333. The highest BCUT2D eigenvalue weighted by Gasteiger charge is 2.10. The fourth-order valence-corrected chi connectivity index (χ4v) is 1.78. The van der Waals surface area contributed by atoms with Crippen LogP contribution in [0.1, 0.15) is 13.3 Å². The first-order chi connectivity index (χ1) is 8.65. The van der Waals surface area contributed by atoms with Crippen molar-refractivity contribution in [3.05, 3.63) is 27.8 Å². The number of hydrogen-bond acceptors (Lipinski definition) is 4. The minimum atomic E-state index is -0.301. The van der Waals surface area contributed by atoms with Gasteiger partial charge in [0.15, 0.2) is 11.5 Å². The lowest BCUT2D eigenvalue weighted by Crippen LogP contribution is -2.08. The van der Waals surface area contributed by atoms with Gasteiger partial charge in [0.1, 0.15) is 0 Å². The van der Waals surface area contributed by atoms with Crippen molar-refractivity contribution in [3.8, 4) is 11.5 Å². The molecule has 0 spiro atoms. The lowest BCUT2D eigenvalue weighted by Gasteiger charge is -2.10. The fourth-order valence-electron chi connectivity index (χ4n) is 1.60.